The minimum Gasteiger partial charge on any atom is -0.508 e. The third-order valence-electron chi connectivity index (χ3n) is 7.09. The lowest BCUT2D eigenvalue weighted by atomic mass is 9.96. The molecule has 2 aliphatic rings. The van der Waals surface area contributed by atoms with Crippen LogP contribution in [-0.4, -0.2) is 77.4 Å². The van der Waals surface area contributed by atoms with Crippen LogP contribution in [0.1, 0.15) is 0 Å². The first kappa shape index (κ1) is 24.5. The number of aromatic nitrogens is 2. The second-order valence-corrected chi connectivity index (χ2v) is 11.5. The summed E-state index contributed by atoms with van der Waals surface area (Å²) in [5.74, 6) is 1.57. The number of rotatable bonds is 5. The Kier molecular flexibility index (Phi) is 6.48. The first-order valence-corrected chi connectivity index (χ1v) is 13.7. The SMILES string of the molecule is CN(C)C1CN(c2nc(NC3CNCCS3)c3cc(Cl)c(-c4cc(O)cc5ccccc45)c(F)c3n2)C1. The number of anilines is 2. The van der Waals surface area contributed by atoms with Crippen LogP contribution >= 0.6 is 23.4 Å². The van der Waals surface area contributed by atoms with Gasteiger partial charge in [-0.05, 0) is 48.6 Å². The van der Waals surface area contributed by atoms with Crippen LogP contribution in [0, 0.1) is 5.82 Å². The Labute approximate surface area is 224 Å². The van der Waals surface area contributed by atoms with Crippen molar-refractivity contribution in [1.82, 2.24) is 20.2 Å². The number of thioether (sulfide) groups is 1. The Bertz CT molecular complexity index is 1490. The first-order chi connectivity index (χ1) is 17.9. The molecule has 7 nitrogen and oxygen atoms in total. The number of nitrogens with one attached hydrogen (secondary N) is 2. The van der Waals surface area contributed by atoms with Crippen molar-refractivity contribution in [2.45, 2.75) is 11.4 Å². The molecule has 0 saturated carbocycles. The quantitative estimate of drug-likeness (QED) is 0.335. The number of halogens is 2. The Morgan fingerprint density at radius 3 is 2.73 bits per heavy atom. The zero-order valence-electron chi connectivity index (χ0n) is 20.6. The van der Waals surface area contributed by atoms with Crippen LogP contribution in [0.5, 0.6) is 5.75 Å². The molecular weight excluding hydrogens is 511 g/mol. The fourth-order valence-electron chi connectivity index (χ4n) is 4.94. The van der Waals surface area contributed by atoms with Crippen molar-refractivity contribution in [3.05, 3.63) is 53.3 Å². The molecule has 37 heavy (non-hydrogen) atoms. The van der Waals surface area contributed by atoms with Crippen LogP contribution in [0.25, 0.3) is 32.8 Å². The highest BCUT2D eigenvalue weighted by Crippen LogP contribution is 2.42. The van der Waals surface area contributed by atoms with Crippen molar-refractivity contribution in [2.75, 3.05) is 56.2 Å². The molecule has 192 valence electrons. The normalized spacial score (nSPS) is 18.5. The van der Waals surface area contributed by atoms with E-state index >= 15 is 4.39 Å². The number of hydrogen-bond donors (Lipinski definition) is 3. The highest BCUT2D eigenvalue weighted by atomic mass is 35.5. The third kappa shape index (κ3) is 4.54. The molecule has 0 radical (unpaired) electrons. The van der Waals surface area contributed by atoms with Crippen LogP contribution < -0.4 is 15.5 Å². The van der Waals surface area contributed by atoms with Gasteiger partial charge >= 0.3 is 0 Å². The standard InChI is InChI=1S/C27H28ClFN6OS/c1-34(2)16-13-35(14-16)27-32-25-20(26(33-27)31-22-12-30-7-8-37-22)11-21(28)23(24(25)29)19-10-17(36)9-15-5-3-4-6-18(15)19/h3-6,9-11,16,22,30,36H,7-8,12-14H2,1-2H3,(H,31,32,33). The summed E-state index contributed by atoms with van der Waals surface area (Å²) in [4.78, 5) is 13.8. The molecule has 10 heteroatoms. The Morgan fingerprint density at radius 1 is 1.16 bits per heavy atom. The number of likely N-dealkylation sites (N-methyl/N-ethyl adjacent to an activating group) is 1. The Balaban J connectivity index is 1.52. The van der Waals surface area contributed by atoms with Crippen molar-refractivity contribution in [2.24, 2.45) is 0 Å². The van der Waals surface area contributed by atoms with E-state index in [9.17, 15) is 5.11 Å². The van der Waals surface area contributed by atoms with Crippen molar-refractivity contribution in [3.8, 4) is 16.9 Å². The molecule has 3 N–H and O–H groups in total. The zero-order valence-corrected chi connectivity index (χ0v) is 22.2. The number of phenols is 1. The number of hydrogen-bond acceptors (Lipinski definition) is 8. The summed E-state index contributed by atoms with van der Waals surface area (Å²) in [6.07, 6.45) is 0. The van der Waals surface area contributed by atoms with Gasteiger partial charge in [-0.25, -0.2) is 9.37 Å². The van der Waals surface area contributed by atoms with Gasteiger partial charge in [0.2, 0.25) is 5.95 Å². The summed E-state index contributed by atoms with van der Waals surface area (Å²) in [5.41, 5.74) is 0.958. The molecule has 2 saturated heterocycles. The van der Waals surface area contributed by atoms with Gasteiger partial charge in [0.15, 0.2) is 5.82 Å². The van der Waals surface area contributed by atoms with E-state index in [4.69, 9.17) is 21.6 Å². The molecule has 4 aromatic rings. The second kappa shape index (κ2) is 9.79. The van der Waals surface area contributed by atoms with Gasteiger partial charge in [0.1, 0.15) is 17.1 Å². The van der Waals surface area contributed by atoms with Crippen molar-refractivity contribution in [3.63, 3.8) is 0 Å². The maximum atomic E-state index is 16.5. The van der Waals surface area contributed by atoms with E-state index < -0.39 is 5.82 Å². The first-order valence-electron chi connectivity index (χ1n) is 12.3. The van der Waals surface area contributed by atoms with Crippen LogP contribution in [0.4, 0.5) is 16.2 Å². The van der Waals surface area contributed by atoms with E-state index in [-0.39, 0.29) is 27.2 Å². The summed E-state index contributed by atoms with van der Waals surface area (Å²) in [5, 5.41) is 19.8. The van der Waals surface area contributed by atoms with Gasteiger partial charge in [-0.2, -0.15) is 4.98 Å². The highest BCUT2D eigenvalue weighted by molar-refractivity contribution is 8.00. The van der Waals surface area contributed by atoms with Gasteiger partial charge in [0.05, 0.1) is 10.4 Å². The molecule has 1 aromatic heterocycles. The van der Waals surface area contributed by atoms with Gasteiger partial charge in [-0.1, -0.05) is 35.9 Å². The molecule has 3 heterocycles. The van der Waals surface area contributed by atoms with E-state index in [0.717, 1.165) is 42.7 Å². The largest absolute Gasteiger partial charge is 0.508 e. The van der Waals surface area contributed by atoms with Crippen LogP contribution in [0.15, 0.2) is 42.5 Å². The number of nitrogens with zero attached hydrogens (tertiary/aromatic N) is 4. The topological polar surface area (TPSA) is 76.5 Å². The predicted octanol–water partition coefficient (Wildman–Crippen LogP) is 4.77. The van der Waals surface area contributed by atoms with E-state index in [2.05, 4.69) is 34.5 Å². The molecule has 3 aromatic carbocycles. The summed E-state index contributed by atoms with van der Waals surface area (Å²) in [6.45, 7) is 3.29. The number of fused-ring (bicyclic) bond motifs is 2. The summed E-state index contributed by atoms with van der Waals surface area (Å²) < 4.78 is 16.5. The minimum atomic E-state index is -0.524. The van der Waals surface area contributed by atoms with E-state index in [1.807, 2.05) is 36.0 Å². The maximum Gasteiger partial charge on any atom is 0.228 e. The molecule has 1 unspecified atom stereocenters. The molecule has 2 aliphatic heterocycles. The molecule has 2 fully saturated rings. The molecular formula is C27H28ClFN6OS. The van der Waals surface area contributed by atoms with Gasteiger partial charge < -0.3 is 25.5 Å². The van der Waals surface area contributed by atoms with Gasteiger partial charge in [0, 0.05) is 48.9 Å². The lowest BCUT2D eigenvalue weighted by Gasteiger charge is -2.42. The lowest BCUT2D eigenvalue weighted by Crippen LogP contribution is -2.58. The number of aromatic hydroxyl groups is 1. The van der Waals surface area contributed by atoms with Gasteiger partial charge in [0.25, 0.3) is 0 Å². The van der Waals surface area contributed by atoms with Crippen molar-refractivity contribution in [1.29, 1.82) is 0 Å². The molecule has 6 rings (SSSR count). The second-order valence-electron chi connectivity index (χ2n) is 9.76. The highest BCUT2D eigenvalue weighted by Gasteiger charge is 2.32. The number of phenolic OH excluding ortho intramolecular Hbond substituents is 1. The van der Waals surface area contributed by atoms with Crippen LogP contribution in [-0.2, 0) is 0 Å². The molecule has 0 aliphatic carbocycles. The predicted molar refractivity (Wildman–Crippen MR) is 152 cm³/mol. The molecule has 0 bridgehead atoms. The van der Waals surface area contributed by atoms with E-state index in [1.165, 1.54) is 0 Å². The fourth-order valence-corrected chi connectivity index (χ4v) is 6.21. The Hall–Kier alpha value is -2.85. The smallest absolute Gasteiger partial charge is 0.228 e. The van der Waals surface area contributed by atoms with Gasteiger partial charge in [-0.15, -0.1) is 11.8 Å². The molecule has 1 atom stereocenters. The third-order valence-corrected chi connectivity index (χ3v) is 8.51. The van der Waals surface area contributed by atoms with Crippen molar-refractivity contribution >= 4 is 56.8 Å². The maximum absolute atomic E-state index is 16.5. The number of benzene rings is 3. The van der Waals surface area contributed by atoms with Gasteiger partial charge in [-0.3, -0.25) is 0 Å². The van der Waals surface area contributed by atoms with Crippen LogP contribution in [0.2, 0.25) is 5.02 Å². The summed E-state index contributed by atoms with van der Waals surface area (Å²) in [6, 6.07) is 12.9. The van der Waals surface area contributed by atoms with Crippen LogP contribution in [0.3, 0.4) is 0 Å². The average molecular weight is 539 g/mol. The van der Waals surface area contributed by atoms with E-state index in [1.54, 1.807) is 18.2 Å². The molecule has 0 amide bonds. The minimum absolute atomic E-state index is 0.0483. The molecule has 0 spiro atoms. The van der Waals surface area contributed by atoms with E-state index in [0.29, 0.717) is 28.8 Å². The van der Waals surface area contributed by atoms with Crippen molar-refractivity contribution < 1.29 is 9.50 Å². The summed E-state index contributed by atoms with van der Waals surface area (Å²) in [7, 11) is 4.11. The zero-order chi connectivity index (χ0) is 25.7. The monoisotopic (exact) mass is 538 g/mol. The average Bonchev–Trinajstić information content (AvgIpc) is 2.84. The summed E-state index contributed by atoms with van der Waals surface area (Å²) >= 11 is 8.57. The Morgan fingerprint density at radius 2 is 1.97 bits per heavy atom. The lowest BCUT2D eigenvalue weighted by molar-refractivity contribution is 0.245. The fraction of sp³-hybridized carbons (Fsp3) is 0.333.